The van der Waals surface area contributed by atoms with Gasteiger partial charge in [0.25, 0.3) is 5.56 Å². The fraction of sp³-hybridized carbons (Fsp3) is 0.241. The predicted molar refractivity (Wildman–Crippen MR) is 141 cm³/mol. The molecule has 8 heteroatoms. The van der Waals surface area contributed by atoms with Crippen LogP contribution in [0.2, 0.25) is 0 Å². The van der Waals surface area contributed by atoms with Crippen molar-refractivity contribution < 1.29 is 4.74 Å². The molecule has 0 amide bonds. The molecule has 37 heavy (non-hydrogen) atoms. The van der Waals surface area contributed by atoms with Gasteiger partial charge in [-0.3, -0.25) is 9.69 Å². The Morgan fingerprint density at radius 2 is 1.81 bits per heavy atom. The first-order valence-electron chi connectivity index (χ1n) is 12.6. The van der Waals surface area contributed by atoms with Crippen molar-refractivity contribution in [2.24, 2.45) is 0 Å². The number of rotatable bonds is 7. The number of nitrogens with one attached hydrogen (secondary N) is 1. The van der Waals surface area contributed by atoms with Gasteiger partial charge >= 0.3 is 0 Å². The first kappa shape index (κ1) is 23.1. The van der Waals surface area contributed by atoms with E-state index >= 15 is 0 Å². The monoisotopic (exact) mass is 492 g/mol. The number of nitrogens with zero attached hydrogens (tertiary/aromatic N) is 5. The number of H-pyrrole nitrogens is 1. The van der Waals surface area contributed by atoms with Crippen LogP contribution in [0.1, 0.15) is 41.0 Å². The van der Waals surface area contributed by atoms with Gasteiger partial charge in [0.15, 0.2) is 5.82 Å². The van der Waals surface area contributed by atoms with Crippen LogP contribution in [0.3, 0.4) is 0 Å². The summed E-state index contributed by atoms with van der Waals surface area (Å²) in [6, 6.07) is 25.8. The van der Waals surface area contributed by atoms with Gasteiger partial charge in [0.05, 0.1) is 13.2 Å². The van der Waals surface area contributed by atoms with Gasteiger partial charge in [-0.05, 0) is 64.7 Å². The van der Waals surface area contributed by atoms with Gasteiger partial charge in [0.2, 0.25) is 0 Å². The molecule has 0 bridgehead atoms. The largest absolute Gasteiger partial charge is 0.494 e. The van der Waals surface area contributed by atoms with Crippen molar-refractivity contribution in [2.75, 3.05) is 13.2 Å². The van der Waals surface area contributed by atoms with Gasteiger partial charge in [-0.15, -0.1) is 5.10 Å². The molecule has 0 spiro atoms. The maximum atomic E-state index is 13.5. The highest BCUT2D eigenvalue weighted by Gasteiger charge is 2.32. The van der Waals surface area contributed by atoms with Crippen molar-refractivity contribution in [2.45, 2.75) is 32.5 Å². The highest BCUT2D eigenvalue weighted by Crippen LogP contribution is 2.32. The van der Waals surface area contributed by atoms with Gasteiger partial charge < -0.3 is 9.72 Å². The minimum atomic E-state index is -0.420. The number of pyridine rings is 1. The van der Waals surface area contributed by atoms with Crippen LogP contribution < -0.4 is 10.3 Å². The summed E-state index contributed by atoms with van der Waals surface area (Å²) in [6.07, 6.45) is 0.896. The number of ether oxygens (including phenoxy) is 1. The third kappa shape index (κ3) is 4.63. The number of aromatic nitrogens is 5. The summed E-state index contributed by atoms with van der Waals surface area (Å²) in [6.45, 7) is 4.54. The standard InChI is InChI=1S/C29H28N6O2/c1-2-37-24-12-13-26-23(16-24)17-25(29(36)30-26)27(34-15-14-21-10-6-7-11-22(21)19-34)28-31-32-33-35(28)18-20-8-4-3-5-9-20/h3-13,16-17,27H,2,14-15,18-19H2,1H3,(H,30,36). The summed E-state index contributed by atoms with van der Waals surface area (Å²) < 4.78 is 7.53. The number of hydrogen-bond acceptors (Lipinski definition) is 6. The Kier molecular flexibility index (Phi) is 6.24. The summed E-state index contributed by atoms with van der Waals surface area (Å²) in [7, 11) is 0. The van der Waals surface area contributed by atoms with Gasteiger partial charge in [-0.25, -0.2) is 4.68 Å². The Morgan fingerprint density at radius 3 is 2.65 bits per heavy atom. The van der Waals surface area contributed by atoms with E-state index in [1.165, 1.54) is 11.1 Å². The molecule has 8 nitrogen and oxygen atoms in total. The summed E-state index contributed by atoms with van der Waals surface area (Å²) in [5.74, 6) is 1.42. The van der Waals surface area contributed by atoms with E-state index in [0.717, 1.165) is 35.2 Å². The Bertz CT molecular complexity index is 1590. The van der Waals surface area contributed by atoms with Crippen LogP contribution in [0.15, 0.2) is 83.7 Å². The Balaban J connectivity index is 1.48. The molecular formula is C29H28N6O2. The van der Waals surface area contributed by atoms with Crippen LogP contribution in [0.5, 0.6) is 5.75 Å². The van der Waals surface area contributed by atoms with E-state index in [2.05, 4.69) is 61.8 Å². The van der Waals surface area contributed by atoms with Gasteiger partial charge in [-0.2, -0.15) is 0 Å². The maximum absolute atomic E-state index is 13.5. The molecule has 186 valence electrons. The van der Waals surface area contributed by atoms with Crippen LogP contribution in [-0.4, -0.2) is 43.2 Å². The first-order valence-corrected chi connectivity index (χ1v) is 12.6. The zero-order valence-corrected chi connectivity index (χ0v) is 20.7. The lowest BCUT2D eigenvalue weighted by Crippen LogP contribution is -2.38. The minimum Gasteiger partial charge on any atom is -0.494 e. The maximum Gasteiger partial charge on any atom is 0.253 e. The van der Waals surface area contributed by atoms with Crippen molar-refractivity contribution in [3.63, 3.8) is 0 Å². The van der Waals surface area contributed by atoms with E-state index < -0.39 is 6.04 Å². The van der Waals surface area contributed by atoms with Crippen molar-refractivity contribution in [3.8, 4) is 5.75 Å². The molecule has 1 aliphatic heterocycles. The predicted octanol–water partition coefficient (Wildman–Crippen LogP) is 4.11. The number of benzene rings is 3. The molecule has 2 aromatic heterocycles. The molecule has 5 aromatic rings. The third-order valence-corrected chi connectivity index (χ3v) is 6.95. The molecule has 6 rings (SSSR count). The van der Waals surface area contributed by atoms with E-state index in [-0.39, 0.29) is 5.56 Å². The Morgan fingerprint density at radius 1 is 1.00 bits per heavy atom. The quantitative estimate of drug-likeness (QED) is 0.368. The number of fused-ring (bicyclic) bond motifs is 2. The highest BCUT2D eigenvalue weighted by atomic mass is 16.5. The fourth-order valence-corrected chi connectivity index (χ4v) is 5.17. The average Bonchev–Trinajstić information content (AvgIpc) is 3.37. The second-order valence-electron chi connectivity index (χ2n) is 9.31. The molecule has 0 saturated heterocycles. The van der Waals surface area contributed by atoms with Crippen LogP contribution in [0.4, 0.5) is 0 Å². The van der Waals surface area contributed by atoms with Crippen molar-refractivity contribution >= 4 is 10.9 Å². The van der Waals surface area contributed by atoms with Crippen LogP contribution >= 0.6 is 0 Å². The van der Waals surface area contributed by atoms with Gasteiger partial charge in [-0.1, -0.05) is 54.6 Å². The molecule has 0 saturated carbocycles. The summed E-state index contributed by atoms with van der Waals surface area (Å²) in [5.41, 5.74) is 4.93. The molecule has 3 aromatic carbocycles. The number of tetrazole rings is 1. The summed E-state index contributed by atoms with van der Waals surface area (Å²) in [5, 5.41) is 13.7. The average molecular weight is 493 g/mol. The molecule has 1 unspecified atom stereocenters. The van der Waals surface area contributed by atoms with Crippen molar-refractivity contribution in [1.82, 2.24) is 30.1 Å². The highest BCUT2D eigenvalue weighted by molar-refractivity contribution is 5.80. The fourth-order valence-electron chi connectivity index (χ4n) is 5.17. The Labute approximate surface area is 214 Å². The smallest absolute Gasteiger partial charge is 0.253 e. The van der Waals surface area contributed by atoms with E-state index in [1.54, 1.807) is 4.68 Å². The molecule has 1 atom stereocenters. The van der Waals surface area contributed by atoms with E-state index in [4.69, 9.17) is 4.74 Å². The SMILES string of the molecule is CCOc1ccc2[nH]c(=O)c(C(c3nnnn3Cc3ccccc3)N3CCc4ccccc4C3)cc2c1. The van der Waals surface area contributed by atoms with Crippen LogP contribution in [0, 0.1) is 0 Å². The number of hydrogen-bond donors (Lipinski definition) is 1. The van der Waals surface area contributed by atoms with E-state index in [1.807, 2.05) is 49.4 Å². The zero-order valence-electron chi connectivity index (χ0n) is 20.7. The van der Waals surface area contributed by atoms with E-state index in [9.17, 15) is 4.79 Å². The minimum absolute atomic E-state index is 0.144. The van der Waals surface area contributed by atoms with Crippen molar-refractivity contribution in [1.29, 1.82) is 0 Å². The van der Waals surface area contributed by atoms with Crippen LogP contribution in [0.25, 0.3) is 10.9 Å². The van der Waals surface area contributed by atoms with Gasteiger partial charge in [0, 0.05) is 29.6 Å². The molecule has 1 aliphatic rings. The first-order chi connectivity index (χ1) is 18.2. The normalized spacial score (nSPS) is 14.4. The lowest BCUT2D eigenvalue weighted by molar-refractivity contribution is 0.194. The topological polar surface area (TPSA) is 88.9 Å². The molecule has 1 N–H and O–H groups in total. The summed E-state index contributed by atoms with van der Waals surface area (Å²) >= 11 is 0. The molecule has 0 fully saturated rings. The molecule has 0 radical (unpaired) electrons. The zero-order chi connectivity index (χ0) is 25.2. The van der Waals surface area contributed by atoms with Crippen LogP contribution in [-0.2, 0) is 19.5 Å². The summed E-state index contributed by atoms with van der Waals surface area (Å²) in [4.78, 5) is 18.9. The lowest BCUT2D eigenvalue weighted by Gasteiger charge is -2.34. The Hall–Kier alpha value is -4.30. The second-order valence-corrected chi connectivity index (χ2v) is 9.31. The lowest BCUT2D eigenvalue weighted by atomic mass is 9.96. The molecule has 0 aliphatic carbocycles. The van der Waals surface area contributed by atoms with Crippen molar-refractivity contribution in [3.05, 3.63) is 117 Å². The third-order valence-electron chi connectivity index (χ3n) is 6.95. The molecular weight excluding hydrogens is 464 g/mol. The van der Waals surface area contributed by atoms with Gasteiger partial charge in [0.1, 0.15) is 11.8 Å². The second kappa shape index (κ2) is 9.99. The molecule has 3 heterocycles. The number of aromatic amines is 1. The van der Waals surface area contributed by atoms with E-state index in [0.29, 0.717) is 31.1 Å².